The number of carbonyl (C=O) groups excluding carboxylic acids is 3. The van der Waals surface area contributed by atoms with E-state index < -0.39 is 18.1 Å². The number of hydrogen-bond donors (Lipinski definition) is 3. The molecule has 4 N–H and O–H groups in total. The molecule has 1 fully saturated rings. The third-order valence-corrected chi connectivity index (χ3v) is 5.08. The zero-order chi connectivity index (χ0) is 21.6. The minimum atomic E-state index is -0.708. The summed E-state index contributed by atoms with van der Waals surface area (Å²) in [5.41, 5.74) is 6.53. The van der Waals surface area contributed by atoms with Gasteiger partial charge in [0.2, 0.25) is 17.7 Å². The van der Waals surface area contributed by atoms with E-state index in [1.807, 2.05) is 38.1 Å². The lowest BCUT2D eigenvalue weighted by molar-refractivity contribution is -0.142. The van der Waals surface area contributed by atoms with Crippen LogP contribution in [0.25, 0.3) is 0 Å². The highest BCUT2D eigenvalue weighted by molar-refractivity contribution is 5.93. The molecule has 0 radical (unpaired) electrons. The smallest absolute Gasteiger partial charge is 0.246 e. The zero-order valence-corrected chi connectivity index (χ0v) is 18.8. The summed E-state index contributed by atoms with van der Waals surface area (Å²) in [7, 11) is 1.59. The minimum Gasteiger partial charge on any atom is -0.497 e. The van der Waals surface area contributed by atoms with Crippen LogP contribution in [-0.2, 0) is 20.9 Å². The molecule has 8 nitrogen and oxygen atoms in total. The number of hydrogen-bond acceptors (Lipinski definition) is 5. The SMILES string of the molecule is COc1cccc(CNC(=O)[C@@H]2CCCN2C(=O)[C@@H](NC(=O)[C@H](C)N)C(C)C)c1.Cl. The summed E-state index contributed by atoms with van der Waals surface area (Å²) < 4.78 is 5.20. The van der Waals surface area contributed by atoms with Crippen LogP contribution < -0.4 is 21.1 Å². The Kier molecular flexibility index (Phi) is 10.1. The lowest BCUT2D eigenvalue weighted by Gasteiger charge is -2.30. The summed E-state index contributed by atoms with van der Waals surface area (Å²) in [6, 6.07) is 5.51. The van der Waals surface area contributed by atoms with Crippen molar-refractivity contribution >= 4 is 30.1 Å². The molecular weight excluding hydrogens is 408 g/mol. The van der Waals surface area contributed by atoms with E-state index in [2.05, 4.69) is 10.6 Å². The molecule has 1 heterocycles. The fourth-order valence-corrected chi connectivity index (χ4v) is 3.37. The van der Waals surface area contributed by atoms with E-state index in [1.165, 1.54) is 0 Å². The average molecular weight is 441 g/mol. The summed E-state index contributed by atoms with van der Waals surface area (Å²) in [5.74, 6) is -0.214. The van der Waals surface area contributed by atoms with Gasteiger partial charge in [0.1, 0.15) is 17.8 Å². The summed E-state index contributed by atoms with van der Waals surface area (Å²) in [5, 5.41) is 5.63. The van der Waals surface area contributed by atoms with Gasteiger partial charge in [0.25, 0.3) is 0 Å². The molecule has 1 aliphatic rings. The highest BCUT2D eigenvalue weighted by Crippen LogP contribution is 2.21. The van der Waals surface area contributed by atoms with E-state index >= 15 is 0 Å². The van der Waals surface area contributed by atoms with Crippen molar-refractivity contribution in [2.45, 2.75) is 58.3 Å². The molecule has 0 spiro atoms. The Labute approximate surface area is 184 Å². The van der Waals surface area contributed by atoms with Crippen molar-refractivity contribution in [3.63, 3.8) is 0 Å². The second kappa shape index (κ2) is 11.8. The van der Waals surface area contributed by atoms with Crippen LogP contribution in [0, 0.1) is 5.92 Å². The topological polar surface area (TPSA) is 114 Å². The van der Waals surface area contributed by atoms with Crippen LogP contribution in [0.4, 0.5) is 0 Å². The number of methoxy groups -OCH3 is 1. The van der Waals surface area contributed by atoms with Crippen LogP contribution in [0.3, 0.4) is 0 Å². The third-order valence-electron chi connectivity index (χ3n) is 5.08. The van der Waals surface area contributed by atoms with Crippen LogP contribution in [0.15, 0.2) is 24.3 Å². The van der Waals surface area contributed by atoms with Gasteiger partial charge in [0, 0.05) is 13.1 Å². The third kappa shape index (κ3) is 6.60. The fraction of sp³-hybridized carbons (Fsp3) is 0.571. The van der Waals surface area contributed by atoms with Crippen LogP contribution >= 0.6 is 12.4 Å². The largest absolute Gasteiger partial charge is 0.497 e. The van der Waals surface area contributed by atoms with Crippen molar-refractivity contribution in [2.75, 3.05) is 13.7 Å². The van der Waals surface area contributed by atoms with E-state index in [4.69, 9.17) is 10.5 Å². The zero-order valence-electron chi connectivity index (χ0n) is 18.0. The molecule has 30 heavy (non-hydrogen) atoms. The maximum absolute atomic E-state index is 13.1. The maximum atomic E-state index is 13.1. The first kappa shape index (κ1) is 25.7. The minimum absolute atomic E-state index is 0. The van der Waals surface area contributed by atoms with Crippen LogP contribution in [0.1, 0.15) is 39.2 Å². The lowest BCUT2D eigenvalue weighted by Crippen LogP contribution is -2.56. The number of carbonyl (C=O) groups is 3. The van der Waals surface area contributed by atoms with Crippen molar-refractivity contribution in [1.82, 2.24) is 15.5 Å². The molecule has 1 aromatic carbocycles. The van der Waals surface area contributed by atoms with Crippen molar-refractivity contribution in [2.24, 2.45) is 11.7 Å². The van der Waals surface area contributed by atoms with E-state index in [0.29, 0.717) is 19.5 Å². The van der Waals surface area contributed by atoms with Gasteiger partial charge in [-0.25, -0.2) is 0 Å². The predicted octanol–water partition coefficient (Wildman–Crippen LogP) is 1.21. The first-order valence-corrected chi connectivity index (χ1v) is 10.0. The molecular formula is C21H33ClN4O4. The molecule has 1 saturated heterocycles. The van der Waals surface area contributed by atoms with Gasteiger partial charge in [-0.05, 0) is 43.4 Å². The fourth-order valence-electron chi connectivity index (χ4n) is 3.37. The molecule has 0 aromatic heterocycles. The molecule has 0 aliphatic carbocycles. The number of nitrogens with two attached hydrogens (primary N) is 1. The van der Waals surface area contributed by atoms with E-state index in [9.17, 15) is 14.4 Å². The number of nitrogens with one attached hydrogen (secondary N) is 2. The van der Waals surface area contributed by atoms with Crippen molar-refractivity contribution in [3.05, 3.63) is 29.8 Å². The van der Waals surface area contributed by atoms with Gasteiger partial charge < -0.3 is 26.0 Å². The van der Waals surface area contributed by atoms with E-state index in [-0.39, 0.29) is 36.0 Å². The van der Waals surface area contributed by atoms with Crippen LogP contribution in [-0.4, -0.2) is 54.4 Å². The number of nitrogens with zero attached hydrogens (tertiary/aromatic N) is 1. The predicted molar refractivity (Wildman–Crippen MR) is 117 cm³/mol. The van der Waals surface area contributed by atoms with Crippen molar-refractivity contribution < 1.29 is 19.1 Å². The summed E-state index contributed by atoms with van der Waals surface area (Å²) in [4.78, 5) is 39.4. The Morgan fingerprint density at radius 2 is 1.97 bits per heavy atom. The molecule has 168 valence electrons. The summed E-state index contributed by atoms with van der Waals surface area (Å²) >= 11 is 0. The second-order valence-electron chi connectivity index (χ2n) is 7.78. The van der Waals surface area contributed by atoms with Gasteiger partial charge in [0.05, 0.1) is 13.2 Å². The van der Waals surface area contributed by atoms with Gasteiger partial charge in [-0.3, -0.25) is 14.4 Å². The van der Waals surface area contributed by atoms with Gasteiger partial charge >= 0.3 is 0 Å². The average Bonchev–Trinajstić information content (AvgIpc) is 3.19. The molecule has 3 atom stereocenters. The molecule has 2 rings (SSSR count). The van der Waals surface area contributed by atoms with Gasteiger partial charge in [0.15, 0.2) is 0 Å². The standard InChI is InChI=1S/C21H32N4O4.ClH/c1-13(2)18(24-19(26)14(3)22)21(28)25-10-6-9-17(25)20(27)23-12-15-7-5-8-16(11-15)29-4;/h5,7-8,11,13-14,17-18H,6,9-10,12,22H2,1-4H3,(H,23,27)(H,24,26);1H/t14-,17-,18-;/m0./s1. The monoisotopic (exact) mass is 440 g/mol. The highest BCUT2D eigenvalue weighted by Gasteiger charge is 2.38. The van der Waals surface area contributed by atoms with Crippen LogP contribution in [0.2, 0.25) is 0 Å². The van der Waals surface area contributed by atoms with Gasteiger partial charge in [-0.1, -0.05) is 26.0 Å². The molecule has 0 saturated carbocycles. The van der Waals surface area contributed by atoms with Crippen LogP contribution in [0.5, 0.6) is 5.75 Å². The molecule has 1 aromatic rings. The molecule has 0 bridgehead atoms. The Morgan fingerprint density at radius 1 is 1.27 bits per heavy atom. The Hall–Kier alpha value is -2.32. The number of rotatable bonds is 8. The summed E-state index contributed by atoms with van der Waals surface area (Å²) in [6.07, 6.45) is 1.34. The number of halogens is 1. The van der Waals surface area contributed by atoms with Gasteiger partial charge in [-0.2, -0.15) is 0 Å². The Morgan fingerprint density at radius 3 is 2.57 bits per heavy atom. The lowest BCUT2D eigenvalue weighted by atomic mass is 10.0. The summed E-state index contributed by atoms with van der Waals surface area (Å²) in [6.45, 7) is 6.13. The highest BCUT2D eigenvalue weighted by atomic mass is 35.5. The number of amides is 3. The molecule has 3 amide bonds. The quantitative estimate of drug-likeness (QED) is 0.562. The number of benzene rings is 1. The number of ether oxygens (including phenoxy) is 1. The second-order valence-corrected chi connectivity index (χ2v) is 7.78. The normalized spacial score (nSPS) is 17.7. The maximum Gasteiger partial charge on any atom is 0.246 e. The van der Waals surface area contributed by atoms with Crippen molar-refractivity contribution in [1.29, 1.82) is 0 Å². The first-order chi connectivity index (χ1) is 13.7. The Bertz CT molecular complexity index is 741. The molecule has 1 aliphatic heterocycles. The van der Waals surface area contributed by atoms with E-state index in [0.717, 1.165) is 17.7 Å². The van der Waals surface area contributed by atoms with Gasteiger partial charge in [-0.15, -0.1) is 12.4 Å². The Balaban J connectivity index is 0.00000450. The first-order valence-electron chi connectivity index (χ1n) is 10.0. The van der Waals surface area contributed by atoms with Crippen molar-refractivity contribution in [3.8, 4) is 5.75 Å². The number of likely N-dealkylation sites (tertiary alicyclic amines) is 1. The van der Waals surface area contributed by atoms with E-state index in [1.54, 1.807) is 18.9 Å². The molecule has 0 unspecified atom stereocenters. The molecule has 9 heteroatoms.